The van der Waals surface area contributed by atoms with Crippen LogP contribution in [0, 0.1) is 0 Å². The van der Waals surface area contributed by atoms with Gasteiger partial charge < -0.3 is 9.47 Å². The van der Waals surface area contributed by atoms with Gasteiger partial charge in [0.1, 0.15) is 0 Å². The van der Waals surface area contributed by atoms with Crippen LogP contribution in [0.3, 0.4) is 0 Å². The standard InChI is InChI=1S/C16H20N2O2/c1-12(19-3)16-8-7-14(10-18-16)11-20-13(2)15-6-4-5-9-17-15/h4-10,12-13H,11H2,1-3H3/t12?,13-/m0/s1. The van der Waals surface area contributed by atoms with Crippen LogP contribution in [-0.4, -0.2) is 17.1 Å². The van der Waals surface area contributed by atoms with E-state index in [0.717, 1.165) is 17.0 Å². The molecule has 0 aromatic carbocycles. The van der Waals surface area contributed by atoms with Crippen molar-refractivity contribution in [3.8, 4) is 0 Å². The Labute approximate surface area is 119 Å². The van der Waals surface area contributed by atoms with Gasteiger partial charge in [-0.3, -0.25) is 9.97 Å². The fourth-order valence-electron chi connectivity index (χ4n) is 1.81. The van der Waals surface area contributed by atoms with Crippen LogP contribution in [0.1, 0.15) is 43.0 Å². The Bertz CT molecular complexity index is 514. The second-order valence-corrected chi connectivity index (χ2v) is 4.68. The number of hydrogen-bond donors (Lipinski definition) is 0. The van der Waals surface area contributed by atoms with Crippen LogP contribution in [0.4, 0.5) is 0 Å². The van der Waals surface area contributed by atoms with Gasteiger partial charge >= 0.3 is 0 Å². The number of pyridine rings is 2. The van der Waals surface area contributed by atoms with Crippen molar-refractivity contribution < 1.29 is 9.47 Å². The molecule has 0 radical (unpaired) electrons. The Kier molecular flexibility index (Phi) is 5.21. The van der Waals surface area contributed by atoms with Gasteiger partial charge in [0.15, 0.2) is 0 Å². The minimum absolute atomic E-state index is 0.0115. The minimum Gasteiger partial charge on any atom is -0.375 e. The van der Waals surface area contributed by atoms with E-state index >= 15 is 0 Å². The van der Waals surface area contributed by atoms with Gasteiger partial charge in [-0.05, 0) is 37.6 Å². The molecule has 0 saturated carbocycles. The molecule has 2 aromatic heterocycles. The van der Waals surface area contributed by atoms with Crippen LogP contribution in [-0.2, 0) is 16.1 Å². The molecular formula is C16H20N2O2. The van der Waals surface area contributed by atoms with Crippen LogP contribution < -0.4 is 0 Å². The molecule has 4 heteroatoms. The van der Waals surface area contributed by atoms with Crippen molar-refractivity contribution in [3.63, 3.8) is 0 Å². The normalized spacial score (nSPS) is 13.9. The van der Waals surface area contributed by atoms with E-state index in [0.29, 0.717) is 6.61 Å². The zero-order chi connectivity index (χ0) is 14.4. The van der Waals surface area contributed by atoms with Gasteiger partial charge in [-0.1, -0.05) is 12.1 Å². The first-order valence-electron chi connectivity index (χ1n) is 6.71. The van der Waals surface area contributed by atoms with E-state index in [1.807, 2.05) is 50.4 Å². The molecule has 0 aliphatic carbocycles. The lowest BCUT2D eigenvalue weighted by Gasteiger charge is -2.13. The monoisotopic (exact) mass is 272 g/mol. The van der Waals surface area contributed by atoms with E-state index in [4.69, 9.17) is 9.47 Å². The maximum absolute atomic E-state index is 5.81. The topological polar surface area (TPSA) is 44.2 Å². The molecule has 2 rings (SSSR count). The highest BCUT2D eigenvalue weighted by Gasteiger charge is 2.08. The van der Waals surface area contributed by atoms with Crippen molar-refractivity contribution in [2.75, 3.05) is 7.11 Å². The summed E-state index contributed by atoms with van der Waals surface area (Å²) in [5, 5.41) is 0. The highest BCUT2D eigenvalue weighted by atomic mass is 16.5. The number of aromatic nitrogens is 2. The summed E-state index contributed by atoms with van der Waals surface area (Å²) < 4.78 is 11.0. The first kappa shape index (κ1) is 14.6. The van der Waals surface area contributed by atoms with E-state index < -0.39 is 0 Å². The van der Waals surface area contributed by atoms with Crippen molar-refractivity contribution in [3.05, 3.63) is 59.7 Å². The molecule has 0 bridgehead atoms. The second kappa shape index (κ2) is 7.12. The molecule has 0 fully saturated rings. The molecule has 1 unspecified atom stereocenters. The Morgan fingerprint density at radius 1 is 1.00 bits per heavy atom. The third-order valence-electron chi connectivity index (χ3n) is 3.22. The van der Waals surface area contributed by atoms with Crippen molar-refractivity contribution in [1.82, 2.24) is 9.97 Å². The van der Waals surface area contributed by atoms with E-state index in [1.165, 1.54) is 0 Å². The summed E-state index contributed by atoms with van der Waals surface area (Å²) in [6.45, 7) is 4.49. The molecule has 4 nitrogen and oxygen atoms in total. The van der Waals surface area contributed by atoms with Gasteiger partial charge in [-0.25, -0.2) is 0 Å². The molecule has 0 N–H and O–H groups in total. The zero-order valence-electron chi connectivity index (χ0n) is 12.1. The average molecular weight is 272 g/mol. The quantitative estimate of drug-likeness (QED) is 0.807. The molecule has 0 aliphatic heterocycles. The summed E-state index contributed by atoms with van der Waals surface area (Å²) in [5.74, 6) is 0. The fraction of sp³-hybridized carbons (Fsp3) is 0.375. The van der Waals surface area contributed by atoms with Crippen molar-refractivity contribution in [2.45, 2.75) is 32.7 Å². The van der Waals surface area contributed by atoms with Gasteiger partial charge in [0, 0.05) is 19.5 Å². The Hall–Kier alpha value is -1.78. The lowest BCUT2D eigenvalue weighted by atomic mass is 10.2. The Balaban J connectivity index is 1.91. The molecule has 106 valence electrons. The van der Waals surface area contributed by atoms with Crippen LogP contribution >= 0.6 is 0 Å². The Morgan fingerprint density at radius 3 is 2.40 bits per heavy atom. The lowest BCUT2D eigenvalue weighted by Crippen LogP contribution is -2.04. The molecule has 2 aromatic rings. The summed E-state index contributed by atoms with van der Waals surface area (Å²) in [5.41, 5.74) is 2.90. The van der Waals surface area contributed by atoms with Gasteiger partial charge in [-0.15, -0.1) is 0 Å². The number of hydrogen-bond acceptors (Lipinski definition) is 4. The molecule has 2 heterocycles. The maximum atomic E-state index is 5.81. The molecule has 0 aliphatic rings. The predicted molar refractivity (Wildman–Crippen MR) is 77.1 cm³/mol. The summed E-state index contributed by atoms with van der Waals surface area (Å²) >= 11 is 0. The van der Waals surface area contributed by atoms with Crippen molar-refractivity contribution in [1.29, 1.82) is 0 Å². The molecule has 20 heavy (non-hydrogen) atoms. The average Bonchev–Trinajstić information content (AvgIpc) is 2.53. The van der Waals surface area contributed by atoms with E-state index in [-0.39, 0.29) is 12.2 Å². The fourth-order valence-corrected chi connectivity index (χ4v) is 1.81. The first-order valence-corrected chi connectivity index (χ1v) is 6.71. The SMILES string of the molecule is COC(C)c1ccc(CO[C@@H](C)c2ccccn2)cn1. The summed E-state index contributed by atoms with van der Waals surface area (Å²) in [7, 11) is 1.68. The van der Waals surface area contributed by atoms with E-state index in [9.17, 15) is 0 Å². The third kappa shape index (κ3) is 3.85. The smallest absolute Gasteiger partial charge is 0.0971 e. The number of methoxy groups -OCH3 is 1. The van der Waals surface area contributed by atoms with Crippen LogP contribution in [0.2, 0.25) is 0 Å². The lowest BCUT2D eigenvalue weighted by molar-refractivity contribution is 0.0495. The maximum Gasteiger partial charge on any atom is 0.0971 e. The summed E-state index contributed by atoms with van der Waals surface area (Å²) in [6, 6.07) is 9.81. The van der Waals surface area contributed by atoms with Gasteiger partial charge in [0.25, 0.3) is 0 Å². The Morgan fingerprint density at radius 2 is 1.80 bits per heavy atom. The zero-order valence-corrected chi connectivity index (χ0v) is 12.1. The highest BCUT2D eigenvalue weighted by molar-refractivity contribution is 5.15. The van der Waals surface area contributed by atoms with E-state index in [2.05, 4.69) is 9.97 Å². The largest absolute Gasteiger partial charge is 0.375 e. The summed E-state index contributed by atoms with van der Waals surface area (Å²) in [4.78, 5) is 8.66. The second-order valence-electron chi connectivity index (χ2n) is 4.68. The van der Waals surface area contributed by atoms with Gasteiger partial charge in [0.05, 0.1) is 30.2 Å². The first-order chi connectivity index (χ1) is 9.70. The highest BCUT2D eigenvalue weighted by Crippen LogP contribution is 2.17. The van der Waals surface area contributed by atoms with Gasteiger partial charge in [-0.2, -0.15) is 0 Å². The summed E-state index contributed by atoms with van der Waals surface area (Å²) in [6.07, 6.45) is 3.58. The number of rotatable bonds is 6. The molecule has 0 amide bonds. The molecule has 0 saturated heterocycles. The van der Waals surface area contributed by atoms with Crippen LogP contribution in [0.15, 0.2) is 42.7 Å². The number of nitrogens with zero attached hydrogens (tertiary/aromatic N) is 2. The third-order valence-corrected chi connectivity index (χ3v) is 3.22. The van der Waals surface area contributed by atoms with Crippen LogP contribution in [0.25, 0.3) is 0 Å². The predicted octanol–water partition coefficient (Wildman–Crippen LogP) is 3.46. The molecule has 0 spiro atoms. The van der Waals surface area contributed by atoms with Gasteiger partial charge in [0.2, 0.25) is 0 Å². The van der Waals surface area contributed by atoms with Crippen LogP contribution in [0.5, 0.6) is 0 Å². The molecular weight excluding hydrogens is 252 g/mol. The minimum atomic E-state index is -0.0335. The number of ether oxygens (including phenoxy) is 2. The van der Waals surface area contributed by atoms with Crippen molar-refractivity contribution in [2.24, 2.45) is 0 Å². The molecule has 2 atom stereocenters. The van der Waals surface area contributed by atoms with E-state index in [1.54, 1.807) is 13.3 Å². The van der Waals surface area contributed by atoms with Crippen molar-refractivity contribution >= 4 is 0 Å².